The van der Waals surface area contributed by atoms with E-state index in [0.29, 0.717) is 10.7 Å². The summed E-state index contributed by atoms with van der Waals surface area (Å²) in [6.45, 7) is 2.08. The van der Waals surface area contributed by atoms with E-state index < -0.39 is 17.6 Å². The van der Waals surface area contributed by atoms with Crippen molar-refractivity contribution in [2.45, 2.75) is 24.5 Å². The minimum absolute atomic E-state index is 0.0274. The van der Waals surface area contributed by atoms with Gasteiger partial charge in [-0.25, -0.2) is 0 Å². The number of rotatable bonds is 6. The third kappa shape index (κ3) is 5.73. The smallest absolute Gasteiger partial charge is 0.324 e. The summed E-state index contributed by atoms with van der Waals surface area (Å²) in [5.74, 6) is -0.548. The number of anilines is 1. The van der Waals surface area contributed by atoms with Gasteiger partial charge in [0.2, 0.25) is 5.91 Å². The molecule has 0 spiro atoms. The number of halogens is 4. The minimum Gasteiger partial charge on any atom is -0.324 e. The lowest BCUT2D eigenvalue weighted by atomic mass is 10.1. The maximum Gasteiger partial charge on any atom is 0.416 e. The van der Waals surface area contributed by atoms with Crippen LogP contribution >= 0.6 is 23.4 Å². The Labute approximate surface area is 180 Å². The van der Waals surface area contributed by atoms with Crippen LogP contribution in [-0.2, 0) is 17.4 Å². The Balaban J connectivity index is 1.60. The van der Waals surface area contributed by atoms with Crippen molar-refractivity contribution in [2.75, 3.05) is 11.1 Å². The van der Waals surface area contributed by atoms with Crippen LogP contribution in [0, 0.1) is 0 Å². The van der Waals surface area contributed by atoms with Crippen LogP contribution in [0.5, 0.6) is 0 Å². The van der Waals surface area contributed by atoms with Crippen LogP contribution in [-0.4, -0.2) is 21.9 Å². The maximum absolute atomic E-state index is 12.8. The van der Waals surface area contributed by atoms with Gasteiger partial charge in [-0.2, -0.15) is 13.2 Å². The summed E-state index contributed by atoms with van der Waals surface area (Å²) in [5, 5.41) is 11.2. The summed E-state index contributed by atoms with van der Waals surface area (Å²) >= 11 is 7.01. The van der Waals surface area contributed by atoms with Gasteiger partial charge in [0.1, 0.15) is 5.03 Å². The molecule has 0 saturated carbocycles. The van der Waals surface area contributed by atoms with Crippen LogP contribution in [0.3, 0.4) is 0 Å². The van der Waals surface area contributed by atoms with Crippen molar-refractivity contribution >= 4 is 35.0 Å². The van der Waals surface area contributed by atoms with Crippen LogP contribution in [0.2, 0.25) is 5.02 Å². The monoisotopic (exact) mass is 451 g/mol. The predicted molar refractivity (Wildman–Crippen MR) is 113 cm³/mol. The molecular weight excluding hydrogens is 435 g/mol. The molecule has 0 atom stereocenters. The van der Waals surface area contributed by atoms with Gasteiger partial charge in [0.15, 0.2) is 0 Å². The van der Waals surface area contributed by atoms with Gasteiger partial charge in [-0.3, -0.25) is 4.79 Å². The number of nitrogens with one attached hydrogen (secondary N) is 1. The first-order valence-electron chi connectivity index (χ1n) is 8.98. The second kappa shape index (κ2) is 9.49. The lowest BCUT2D eigenvalue weighted by molar-refractivity contribution is -0.137. The Kier molecular flexibility index (Phi) is 6.99. The van der Waals surface area contributed by atoms with Gasteiger partial charge in [-0.1, -0.05) is 54.6 Å². The first-order valence-corrected chi connectivity index (χ1v) is 10.3. The molecule has 0 fully saturated rings. The zero-order valence-electron chi connectivity index (χ0n) is 15.8. The molecule has 30 heavy (non-hydrogen) atoms. The van der Waals surface area contributed by atoms with E-state index in [1.54, 1.807) is 12.1 Å². The van der Waals surface area contributed by atoms with Crippen molar-refractivity contribution in [3.05, 3.63) is 70.7 Å². The average Bonchev–Trinajstić information content (AvgIpc) is 2.73. The van der Waals surface area contributed by atoms with Gasteiger partial charge in [0.25, 0.3) is 0 Å². The highest BCUT2D eigenvalue weighted by atomic mass is 35.5. The third-order valence-electron chi connectivity index (χ3n) is 4.22. The fraction of sp³-hybridized carbons (Fsp3) is 0.190. The van der Waals surface area contributed by atoms with E-state index >= 15 is 0 Å². The Morgan fingerprint density at radius 2 is 1.80 bits per heavy atom. The highest BCUT2D eigenvalue weighted by molar-refractivity contribution is 7.99. The molecular formula is C21H17ClF3N3OS. The van der Waals surface area contributed by atoms with E-state index in [-0.39, 0.29) is 16.5 Å². The van der Waals surface area contributed by atoms with E-state index in [9.17, 15) is 18.0 Å². The number of nitrogens with zero attached hydrogens (tertiary/aromatic N) is 2. The Hall–Kier alpha value is -2.58. The van der Waals surface area contributed by atoms with Crippen LogP contribution in [0.15, 0.2) is 59.6 Å². The summed E-state index contributed by atoms with van der Waals surface area (Å²) in [6.07, 6.45) is -3.57. The van der Waals surface area contributed by atoms with Gasteiger partial charge in [0, 0.05) is 5.56 Å². The zero-order chi connectivity index (χ0) is 21.7. The van der Waals surface area contributed by atoms with Crippen molar-refractivity contribution < 1.29 is 18.0 Å². The molecule has 0 radical (unpaired) electrons. The van der Waals surface area contributed by atoms with E-state index in [1.807, 2.05) is 24.3 Å². The number of benzene rings is 2. The molecule has 3 aromatic rings. The molecule has 0 aliphatic rings. The largest absolute Gasteiger partial charge is 0.416 e. The number of thioether (sulfide) groups is 1. The summed E-state index contributed by atoms with van der Waals surface area (Å²) in [4.78, 5) is 12.1. The molecule has 0 bridgehead atoms. The highest BCUT2D eigenvalue weighted by Crippen LogP contribution is 2.34. The van der Waals surface area contributed by atoms with Crippen LogP contribution < -0.4 is 5.32 Å². The molecule has 3 rings (SSSR count). The molecule has 1 amide bonds. The van der Waals surface area contributed by atoms with Crippen molar-refractivity contribution in [1.82, 2.24) is 10.2 Å². The molecule has 0 aliphatic heterocycles. The molecule has 1 aromatic heterocycles. The van der Waals surface area contributed by atoms with E-state index in [1.165, 1.54) is 5.56 Å². The number of amides is 1. The van der Waals surface area contributed by atoms with Gasteiger partial charge in [-0.05, 0) is 42.3 Å². The number of alkyl halides is 3. The number of aromatic nitrogens is 2. The van der Waals surface area contributed by atoms with Gasteiger partial charge < -0.3 is 5.32 Å². The van der Waals surface area contributed by atoms with Crippen LogP contribution in [0.25, 0.3) is 11.3 Å². The first-order chi connectivity index (χ1) is 14.3. The summed E-state index contributed by atoms with van der Waals surface area (Å²) < 4.78 is 38.5. The first kappa shape index (κ1) is 22.1. The molecule has 0 aliphatic carbocycles. The highest BCUT2D eigenvalue weighted by Gasteiger charge is 2.31. The number of aryl methyl sites for hydroxylation is 1. The quantitative estimate of drug-likeness (QED) is 0.459. The molecule has 1 heterocycles. The normalized spacial score (nSPS) is 11.4. The summed E-state index contributed by atoms with van der Waals surface area (Å²) in [6, 6.07) is 14.3. The number of hydrogen-bond donors (Lipinski definition) is 1. The van der Waals surface area contributed by atoms with Crippen molar-refractivity contribution in [2.24, 2.45) is 0 Å². The topological polar surface area (TPSA) is 54.9 Å². The fourth-order valence-corrected chi connectivity index (χ4v) is 3.36. The number of hydrogen-bond acceptors (Lipinski definition) is 4. The third-order valence-corrected chi connectivity index (χ3v) is 5.47. The molecule has 156 valence electrons. The number of carbonyl (C=O) groups excluding carboxylic acids is 1. The Morgan fingerprint density at radius 3 is 2.40 bits per heavy atom. The van der Waals surface area contributed by atoms with Crippen molar-refractivity contribution in [3.8, 4) is 11.3 Å². The molecule has 4 nitrogen and oxygen atoms in total. The molecule has 0 unspecified atom stereocenters. The molecule has 0 saturated heterocycles. The van der Waals surface area contributed by atoms with Gasteiger partial charge in [-0.15, -0.1) is 10.2 Å². The Bertz CT molecular complexity index is 1030. The summed E-state index contributed by atoms with van der Waals surface area (Å²) in [5.41, 5.74) is 1.90. The van der Waals surface area contributed by atoms with E-state index in [2.05, 4.69) is 22.4 Å². The predicted octanol–water partition coefficient (Wildman–Crippen LogP) is 6.11. The minimum atomic E-state index is -4.52. The Morgan fingerprint density at radius 1 is 1.07 bits per heavy atom. The molecule has 1 N–H and O–H groups in total. The number of carbonyl (C=O) groups is 1. The van der Waals surface area contributed by atoms with E-state index in [0.717, 1.165) is 41.9 Å². The van der Waals surface area contributed by atoms with E-state index in [4.69, 9.17) is 11.6 Å². The SMILES string of the molecule is CCc1ccc(-c2ccc(SCC(=O)Nc3cc(C(F)(F)F)ccc3Cl)nn2)cc1. The lowest BCUT2D eigenvalue weighted by Gasteiger charge is -2.11. The lowest BCUT2D eigenvalue weighted by Crippen LogP contribution is -2.15. The van der Waals surface area contributed by atoms with Crippen LogP contribution in [0.1, 0.15) is 18.1 Å². The van der Waals surface area contributed by atoms with Gasteiger partial charge in [0.05, 0.1) is 27.7 Å². The fourth-order valence-electron chi connectivity index (χ4n) is 2.59. The van der Waals surface area contributed by atoms with Crippen molar-refractivity contribution in [3.63, 3.8) is 0 Å². The molecule has 2 aromatic carbocycles. The second-order valence-electron chi connectivity index (χ2n) is 6.34. The average molecular weight is 452 g/mol. The van der Waals surface area contributed by atoms with Crippen molar-refractivity contribution in [1.29, 1.82) is 0 Å². The molecule has 9 heteroatoms. The van der Waals surface area contributed by atoms with Gasteiger partial charge >= 0.3 is 6.18 Å². The second-order valence-corrected chi connectivity index (χ2v) is 7.74. The maximum atomic E-state index is 12.8. The van der Waals surface area contributed by atoms with Crippen LogP contribution in [0.4, 0.5) is 18.9 Å². The standard InChI is InChI=1S/C21H17ClF3N3OS/c1-2-13-3-5-14(6-4-13)17-9-10-20(28-27-17)30-12-19(29)26-18-11-15(21(23,24)25)7-8-16(18)22/h3-11H,2,12H2,1H3,(H,26,29). The summed E-state index contributed by atoms with van der Waals surface area (Å²) in [7, 11) is 0. The zero-order valence-corrected chi connectivity index (χ0v) is 17.4.